The van der Waals surface area contributed by atoms with Crippen molar-refractivity contribution in [1.29, 1.82) is 5.41 Å². The van der Waals surface area contributed by atoms with Crippen molar-refractivity contribution < 1.29 is 4.39 Å². The van der Waals surface area contributed by atoms with Gasteiger partial charge in [0.05, 0.1) is 5.02 Å². The zero-order valence-electron chi connectivity index (χ0n) is 8.26. The van der Waals surface area contributed by atoms with Gasteiger partial charge in [-0.1, -0.05) is 11.6 Å². The van der Waals surface area contributed by atoms with Crippen LogP contribution in [0.15, 0.2) is 18.2 Å². The summed E-state index contributed by atoms with van der Waals surface area (Å²) in [7, 11) is 0. The van der Waals surface area contributed by atoms with Crippen LogP contribution in [0, 0.1) is 11.2 Å². The zero-order valence-corrected chi connectivity index (χ0v) is 9.02. The number of piperidine rings is 1. The molecule has 1 saturated heterocycles. The predicted molar refractivity (Wildman–Crippen MR) is 60.3 cm³/mol. The van der Waals surface area contributed by atoms with Gasteiger partial charge in [-0.2, -0.15) is 0 Å². The minimum Gasteiger partial charge on any atom is -0.330 e. The number of hydrogen-bond donors (Lipinski definition) is 1. The van der Waals surface area contributed by atoms with Gasteiger partial charge in [0.15, 0.2) is 0 Å². The van der Waals surface area contributed by atoms with Gasteiger partial charge in [-0.25, -0.2) is 4.39 Å². The molecule has 0 aliphatic carbocycles. The lowest BCUT2D eigenvalue weighted by Crippen LogP contribution is -2.34. The van der Waals surface area contributed by atoms with Gasteiger partial charge in [0.2, 0.25) is 0 Å². The second-order valence-electron chi connectivity index (χ2n) is 3.65. The Hall–Kier alpha value is -1.09. The highest BCUT2D eigenvalue weighted by atomic mass is 35.5. The topological polar surface area (TPSA) is 27.1 Å². The molecule has 1 aromatic carbocycles. The lowest BCUT2D eigenvalue weighted by molar-refractivity contribution is 0.627. The highest BCUT2D eigenvalue weighted by Gasteiger charge is 2.17. The first-order chi connectivity index (χ1) is 7.18. The fourth-order valence-electron chi connectivity index (χ4n) is 1.77. The van der Waals surface area contributed by atoms with E-state index in [-0.39, 0.29) is 5.02 Å². The molecule has 0 atom stereocenters. The highest BCUT2D eigenvalue weighted by molar-refractivity contribution is 6.31. The molecule has 1 heterocycles. The smallest absolute Gasteiger partial charge is 0.141 e. The van der Waals surface area contributed by atoms with Crippen LogP contribution in [0.25, 0.3) is 0 Å². The molecule has 2 rings (SSSR count). The Morgan fingerprint density at radius 1 is 1.33 bits per heavy atom. The Kier molecular flexibility index (Phi) is 2.91. The molecule has 1 aliphatic heterocycles. The summed E-state index contributed by atoms with van der Waals surface area (Å²) in [6, 6.07) is 4.59. The van der Waals surface area contributed by atoms with Crippen LogP contribution in [0.4, 0.5) is 10.1 Å². The third kappa shape index (κ3) is 2.12. The van der Waals surface area contributed by atoms with E-state index in [0.717, 1.165) is 31.5 Å². The maximum absolute atomic E-state index is 13.0. The Morgan fingerprint density at radius 3 is 2.80 bits per heavy atom. The predicted octanol–water partition coefficient (Wildman–Crippen LogP) is 3.45. The third-order valence-corrected chi connectivity index (χ3v) is 2.88. The third-order valence-electron chi connectivity index (χ3n) is 2.59. The van der Waals surface area contributed by atoms with E-state index in [9.17, 15) is 4.39 Å². The first kappa shape index (κ1) is 10.4. The summed E-state index contributed by atoms with van der Waals surface area (Å²) in [6.07, 6.45) is 2.91. The van der Waals surface area contributed by atoms with Gasteiger partial charge in [0.1, 0.15) is 11.7 Å². The van der Waals surface area contributed by atoms with E-state index >= 15 is 0 Å². The lowest BCUT2D eigenvalue weighted by Gasteiger charge is -2.29. The van der Waals surface area contributed by atoms with Crippen molar-refractivity contribution in [2.45, 2.75) is 19.3 Å². The van der Waals surface area contributed by atoms with Crippen LogP contribution in [-0.2, 0) is 0 Å². The van der Waals surface area contributed by atoms with Crippen molar-refractivity contribution in [3.8, 4) is 0 Å². The van der Waals surface area contributed by atoms with Gasteiger partial charge in [0.25, 0.3) is 0 Å². The van der Waals surface area contributed by atoms with Gasteiger partial charge in [-0.15, -0.1) is 0 Å². The Labute approximate surface area is 93.2 Å². The number of nitrogens with zero attached hydrogens (tertiary/aromatic N) is 1. The molecule has 4 heteroatoms. The fraction of sp³-hybridized carbons (Fsp3) is 0.364. The first-order valence-electron chi connectivity index (χ1n) is 4.98. The molecule has 80 valence electrons. The van der Waals surface area contributed by atoms with E-state index in [1.165, 1.54) is 6.07 Å². The Balaban J connectivity index is 2.28. The first-order valence-corrected chi connectivity index (χ1v) is 5.36. The van der Waals surface area contributed by atoms with Gasteiger partial charge in [-0.3, -0.25) is 5.41 Å². The molecule has 0 unspecified atom stereocenters. The molecule has 0 spiro atoms. The minimum absolute atomic E-state index is 0.117. The summed E-state index contributed by atoms with van der Waals surface area (Å²) in [5.41, 5.74) is 0.811. The average Bonchev–Trinajstić information content (AvgIpc) is 2.23. The van der Waals surface area contributed by atoms with Crippen LogP contribution in [-0.4, -0.2) is 12.4 Å². The number of rotatable bonds is 1. The van der Waals surface area contributed by atoms with Crippen molar-refractivity contribution >= 4 is 23.1 Å². The van der Waals surface area contributed by atoms with Crippen LogP contribution in [0.1, 0.15) is 19.3 Å². The maximum Gasteiger partial charge on any atom is 0.141 e. The van der Waals surface area contributed by atoms with E-state index in [2.05, 4.69) is 0 Å². The monoisotopic (exact) mass is 226 g/mol. The zero-order chi connectivity index (χ0) is 10.8. The van der Waals surface area contributed by atoms with Gasteiger partial charge >= 0.3 is 0 Å². The van der Waals surface area contributed by atoms with E-state index < -0.39 is 5.82 Å². The second-order valence-corrected chi connectivity index (χ2v) is 4.06. The molecule has 0 radical (unpaired) electrons. The SMILES string of the molecule is N=C1CCCCN1c1ccc(F)c(Cl)c1. The highest BCUT2D eigenvalue weighted by Crippen LogP contribution is 2.25. The van der Waals surface area contributed by atoms with Crippen LogP contribution >= 0.6 is 11.6 Å². The Morgan fingerprint density at radius 2 is 2.13 bits per heavy atom. The van der Waals surface area contributed by atoms with E-state index in [1.807, 2.05) is 4.90 Å². The molecule has 2 nitrogen and oxygen atoms in total. The molecular weight excluding hydrogens is 215 g/mol. The lowest BCUT2D eigenvalue weighted by atomic mass is 10.1. The van der Waals surface area contributed by atoms with Gasteiger partial charge in [-0.05, 0) is 31.0 Å². The maximum atomic E-state index is 13.0. The van der Waals surface area contributed by atoms with Crippen molar-refractivity contribution in [3.05, 3.63) is 29.0 Å². The molecule has 15 heavy (non-hydrogen) atoms. The molecule has 1 N–H and O–H groups in total. The number of hydrogen-bond acceptors (Lipinski definition) is 1. The summed E-state index contributed by atoms with van der Waals surface area (Å²) < 4.78 is 13.0. The minimum atomic E-state index is -0.413. The molecule has 0 bridgehead atoms. The second kappa shape index (κ2) is 4.19. The summed E-state index contributed by atoms with van der Waals surface area (Å²) in [6.45, 7) is 0.820. The molecule has 1 aromatic rings. The van der Waals surface area contributed by atoms with Crippen molar-refractivity contribution in [3.63, 3.8) is 0 Å². The summed E-state index contributed by atoms with van der Waals surface area (Å²) in [5.74, 6) is 0.174. The summed E-state index contributed by atoms with van der Waals surface area (Å²) in [5, 5.41) is 7.91. The fourth-order valence-corrected chi connectivity index (χ4v) is 1.94. The van der Waals surface area contributed by atoms with Gasteiger partial charge in [0, 0.05) is 18.7 Å². The van der Waals surface area contributed by atoms with E-state index in [0.29, 0.717) is 5.84 Å². The molecule has 0 amide bonds. The van der Waals surface area contributed by atoms with Crippen LogP contribution < -0.4 is 4.90 Å². The van der Waals surface area contributed by atoms with Crippen molar-refractivity contribution in [1.82, 2.24) is 0 Å². The molecule has 0 aromatic heterocycles. The Bertz CT molecular complexity index is 392. The number of halogens is 2. The summed E-state index contributed by atoms with van der Waals surface area (Å²) >= 11 is 5.71. The number of benzene rings is 1. The number of anilines is 1. The normalized spacial score (nSPS) is 16.9. The van der Waals surface area contributed by atoms with Crippen LogP contribution in [0.3, 0.4) is 0 Å². The molecule has 0 saturated carbocycles. The summed E-state index contributed by atoms with van der Waals surface area (Å²) in [4.78, 5) is 1.88. The standard InChI is InChI=1S/C11H12ClFN2/c12-9-7-8(4-5-10(9)13)15-6-2-1-3-11(15)14/h4-5,7,14H,1-3,6H2. The largest absolute Gasteiger partial charge is 0.330 e. The van der Waals surface area contributed by atoms with Crippen LogP contribution in [0.5, 0.6) is 0 Å². The van der Waals surface area contributed by atoms with Crippen LogP contribution in [0.2, 0.25) is 5.02 Å². The quantitative estimate of drug-likeness (QED) is 0.780. The number of nitrogens with one attached hydrogen (secondary N) is 1. The molecule has 1 fully saturated rings. The molecular formula is C11H12ClFN2. The average molecular weight is 227 g/mol. The van der Waals surface area contributed by atoms with E-state index in [1.54, 1.807) is 12.1 Å². The molecule has 1 aliphatic rings. The van der Waals surface area contributed by atoms with Crippen molar-refractivity contribution in [2.24, 2.45) is 0 Å². The van der Waals surface area contributed by atoms with Gasteiger partial charge < -0.3 is 4.90 Å². The van der Waals surface area contributed by atoms with E-state index in [4.69, 9.17) is 17.0 Å². The number of amidine groups is 1. The van der Waals surface area contributed by atoms with Crippen molar-refractivity contribution in [2.75, 3.05) is 11.4 Å².